The third-order valence-electron chi connectivity index (χ3n) is 11.5. The standard InChI is InChI=1S/C44H49N2O13.2CH3.2Y/c1-19-12-11-13-20(2)43(53)46-34-38(51)31-30(33-41(34)58-29-18-26(54-9)14-15-27(29)45-33)32-40(24(6)37(31)50)59-44(8,42(32)52)56-17-16-28(55-10)21(3)39(57-25(7)47)23(5)36(49)22(4)35(19)48;;;;/h11-19,21-23,28,35-36,39,48-49,51H,9H2,1-8,10H3,(H,46,53);2*1H3;;/q3*-1;;/b12-11+,17-16+,20-13-;;;;/t19-,21+,22+,23+,28-,35-,36+,39+,44-;;;;/m0..../s1. The van der Waals surface area contributed by atoms with Crippen molar-refractivity contribution in [2.24, 2.45) is 23.7 Å². The maximum Gasteiger partial charge on any atom is 0.312 e. The van der Waals surface area contributed by atoms with Crippen LogP contribution in [-0.2, 0) is 89.2 Å². The van der Waals surface area contributed by atoms with E-state index in [0.29, 0.717) is 5.75 Å². The molecule has 6 rings (SSSR count). The first-order valence-electron chi connectivity index (χ1n) is 19.2. The van der Waals surface area contributed by atoms with E-state index >= 15 is 0 Å². The van der Waals surface area contributed by atoms with Crippen LogP contribution in [-0.4, -0.2) is 75.3 Å². The number of fused-ring (bicyclic) bond motifs is 5. The van der Waals surface area contributed by atoms with Crippen molar-refractivity contribution in [1.29, 1.82) is 0 Å². The number of phenolic OH excluding ortho intramolecular Hbond substituents is 1. The zero-order chi connectivity index (χ0) is 43.2. The van der Waals surface area contributed by atoms with Gasteiger partial charge in [0.25, 0.3) is 11.7 Å². The van der Waals surface area contributed by atoms with Gasteiger partial charge in [-0.15, -0.1) is 0 Å². The Bertz CT molecular complexity index is 2520. The number of allylic oxidation sites excluding steroid dienone is 2. The van der Waals surface area contributed by atoms with Gasteiger partial charge in [-0.1, -0.05) is 45.9 Å². The summed E-state index contributed by atoms with van der Waals surface area (Å²) < 4.78 is 35.1. The van der Waals surface area contributed by atoms with Gasteiger partial charge in [-0.05, 0) is 32.1 Å². The van der Waals surface area contributed by atoms with E-state index < -0.39 is 82.7 Å². The van der Waals surface area contributed by atoms with Crippen molar-refractivity contribution in [3.63, 3.8) is 0 Å². The van der Waals surface area contributed by atoms with Crippen LogP contribution in [0.4, 0.5) is 5.69 Å². The Balaban J connectivity index is 0.00000341. The summed E-state index contributed by atoms with van der Waals surface area (Å²) in [7, 11) is 4.87. The van der Waals surface area contributed by atoms with Crippen molar-refractivity contribution in [2.45, 2.75) is 85.6 Å². The van der Waals surface area contributed by atoms with Crippen LogP contribution in [0, 0.1) is 52.6 Å². The number of anilines is 1. The normalized spacial score (nSPS) is 28.2. The molecule has 1 aromatic heterocycles. The first-order valence-corrected chi connectivity index (χ1v) is 19.2. The predicted octanol–water partition coefficient (Wildman–Crippen LogP) is 7.06. The van der Waals surface area contributed by atoms with Crippen LogP contribution in [0.25, 0.3) is 33.0 Å². The van der Waals surface area contributed by atoms with Gasteiger partial charge in [-0.2, -0.15) is 7.11 Å². The van der Waals surface area contributed by atoms with Crippen molar-refractivity contribution < 1.29 is 123 Å². The van der Waals surface area contributed by atoms with Crippen LogP contribution in [0.5, 0.6) is 17.2 Å². The van der Waals surface area contributed by atoms with Crippen molar-refractivity contribution in [1.82, 2.24) is 4.98 Å². The van der Waals surface area contributed by atoms with Gasteiger partial charge in [-0.25, -0.2) is 4.98 Å². The molecular weight excluding hydrogens is 966 g/mol. The molecule has 336 valence electrons. The van der Waals surface area contributed by atoms with Gasteiger partial charge >= 0.3 is 11.8 Å². The number of aliphatic hydroxyl groups excluding tert-OH is 2. The van der Waals surface area contributed by atoms with Gasteiger partial charge in [-0.3, -0.25) is 19.2 Å². The van der Waals surface area contributed by atoms with Crippen LogP contribution < -0.4 is 20.2 Å². The number of benzene rings is 3. The number of carbonyl (C=O) groups is 3. The fourth-order valence-electron chi connectivity index (χ4n) is 7.88. The minimum absolute atomic E-state index is 0. The number of aromatic nitrogens is 1. The Morgan fingerprint density at radius 3 is 2.25 bits per heavy atom. The number of rotatable bonds is 3. The monoisotopic (exact) mass is 1020 g/mol. The molecule has 2 aliphatic rings. The van der Waals surface area contributed by atoms with Gasteiger partial charge in [0.1, 0.15) is 28.6 Å². The maximum absolute atomic E-state index is 14.6. The Labute approximate surface area is 417 Å². The number of hydrogen-bond donors (Lipinski definition) is 4. The molecular formula is C46H55N2O13Y2-3. The molecule has 9 atom stereocenters. The number of carbonyl (C=O) groups excluding carboxylic acids is 3. The number of esters is 1. The topological polar surface area (TPSA) is 213 Å². The largest absolute Gasteiger partial charge is 0.665 e. The second kappa shape index (κ2) is 22.1. The Morgan fingerprint density at radius 1 is 0.968 bits per heavy atom. The van der Waals surface area contributed by atoms with E-state index in [2.05, 4.69) is 12.4 Å². The van der Waals surface area contributed by atoms with Crippen LogP contribution in [0.2, 0.25) is 0 Å². The molecule has 4 aromatic rings. The van der Waals surface area contributed by atoms with E-state index in [1.165, 1.54) is 59.3 Å². The number of nitrogens with zero attached hydrogens (tertiary/aromatic N) is 1. The van der Waals surface area contributed by atoms with Gasteiger partial charge in [0, 0.05) is 133 Å². The fourth-order valence-corrected chi connectivity index (χ4v) is 7.88. The summed E-state index contributed by atoms with van der Waals surface area (Å²) in [6.45, 7) is 12.5. The van der Waals surface area contributed by atoms with E-state index in [9.17, 15) is 34.5 Å². The number of phenols is 1. The molecule has 17 heteroatoms. The van der Waals surface area contributed by atoms with Crippen molar-refractivity contribution in [3.8, 4) is 17.2 Å². The summed E-state index contributed by atoms with van der Waals surface area (Å²) in [5, 5.41) is 37.1. The molecule has 5 bridgehead atoms. The molecule has 63 heavy (non-hydrogen) atoms. The summed E-state index contributed by atoms with van der Waals surface area (Å²) in [6, 6.07) is 4.67. The number of methoxy groups -OCH3 is 1. The first kappa shape index (κ1) is 55.6. The smallest absolute Gasteiger partial charge is 0.312 e. The summed E-state index contributed by atoms with van der Waals surface area (Å²) in [4.78, 5) is 59.7. The van der Waals surface area contributed by atoms with E-state index in [0.717, 1.165) is 0 Å². The first-order chi connectivity index (χ1) is 27.8. The van der Waals surface area contributed by atoms with Crippen molar-refractivity contribution in [3.05, 3.63) is 97.7 Å². The van der Waals surface area contributed by atoms with E-state index in [1.54, 1.807) is 52.0 Å². The number of ether oxygens (including phenoxy) is 5. The fraction of sp³-hybridized carbons (Fsp3) is 0.391. The third kappa shape index (κ3) is 10.5. The molecule has 3 heterocycles. The zero-order valence-corrected chi connectivity index (χ0v) is 43.1. The Hall–Kier alpha value is -3.56. The van der Waals surface area contributed by atoms with Crippen molar-refractivity contribution in [2.75, 3.05) is 12.4 Å². The molecule has 0 aliphatic carbocycles. The number of aliphatic hydroxyl groups is 2. The van der Waals surface area contributed by atoms with E-state index in [4.69, 9.17) is 33.1 Å². The second-order valence-corrected chi connectivity index (χ2v) is 15.5. The zero-order valence-electron chi connectivity index (χ0n) is 37.5. The molecule has 0 saturated carbocycles. The number of aromatic hydroxyl groups is 1. The van der Waals surface area contributed by atoms with Gasteiger partial charge in [0.2, 0.25) is 0 Å². The van der Waals surface area contributed by atoms with Crippen LogP contribution in [0.1, 0.15) is 64.4 Å². The quantitative estimate of drug-likeness (QED) is 0.0532. The summed E-state index contributed by atoms with van der Waals surface area (Å²) in [5.74, 6) is -6.98. The number of hydrogen-bond acceptors (Lipinski definition) is 14. The molecule has 0 unspecified atom stereocenters. The average Bonchev–Trinajstić information content (AvgIpc) is 3.47. The predicted molar refractivity (Wildman–Crippen MR) is 231 cm³/mol. The summed E-state index contributed by atoms with van der Waals surface area (Å²) in [5.41, 5.74) is -0.699. The molecule has 3 aromatic carbocycles. The van der Waals surface area contributed by atoms with Gasteiger partial charge in [0.05, 0.1) is 41.3 Å². The molecule has 2 radical (unpaired) electrons. The van der Waals surface area contributed by atoms with Gasteiger partial charge < -0.3 is 63.6 Å². The summed E-state index contributed by atoms with van der Waals surface area (Å²) in [6.07, 6.45) is 3.55. The molecule has 0 spiro atoms. The van der Waals surface area contributed by atoms with Crippen LogP contribution in [0.3, 0.4) is 0 Å². The Morgan fingerprint density at radius 2 is 1.63 bits per heavy atom. The van der Waals surface area contributed by atoms with Gasteiger partial charge in [0.15, 0.2) is 22.3 Å². The number of amides is 1. The molecule has 2 aliphatic heterocycles. The third-order valence-corrected chi connectivity index (χ3v) is 11.5. The number of Topliss-reactive ketones (excluding diaryl/α,β-unsaturated/α-hetero) is 1. The van der Waals surface area contributed by atoms with E-state index in [-0.39, 0.29) is 141 Å². The summed E-state index contributed by atoms with van der Waals surface area (Å²) >= 11 is 0. The molecule has 4 N–H and O–H groups in total. The molecule has 0 saturated heterocycles. The minimum atomic E-state index is -2.04. The average molecular weight is 1020 g/mol. The van der Waals surface area contributed by atoms with Crippen LogP contribution in [0.15, 0.2) is 63.6 Å². The molecule has 0 fully saturated rings. The number of nitrogens with one attached hydrogen (secondary N) is 1. The Kier molecular flexibility index (Phi) is 19.5. The molecule has 15 nitrogen and oxygen atoms in total. The minimum Gasteiger partial charge on any atom is -0.665 e. The van der Waals surface area contributed by atoms with Crippen LogP contribution >= 0.6 is 0 Å². The number of ketones is 1. The second-order valence-electron chi connectivity index (χ2n) is 15.5. The SMILES string of the molecule is [CH2-]Oc1ccc2nc3c(oc2c1)c1c(O)c2c(=O)c(C)c4c(c23)C(=O)[C@@](C)(O/C=C/[C@H](OC)[C@@H](C)[C@@H](OC(C)=O)[C@H](C)[C@H](O)[C@H](C)[C@@H](O)[C@@H](C)/C=C/C=C(/C)C(=O)N1)O4.[CH3-].[CH3-].[Y].[Y]. The van der Waals surface area contributed by atoms with E-state index in [1.807, 2.05) is 0 Å². The molecule has 1 amide bonds. The maximum atomic E-state index is 14.6. The van der Waals surface area contributed by atoms with Crippen molar-refractivity contribution >= 4 is 56.3 Å².